The van der Waals surface area contributed by atoms with E-state index < -0.39 is 23.7 Å². The van der Waals surface area contributed by atoms with E-state index in [9.17, 15) is 9.18 Å². The number of benzene rings is 3. The molecule has 0 aliphatic carbocycles. The minimum atomic E-state index is -1.13. The van der Waals surface area contributed by atoms with Crippen LogP contribution in [-0.4, -0.2) is 16.4 Å². The fraction of sp³-hybridized carbons (Fsp3) is 0.0833. The molecular formula is C24H15Cl3F2N2O2. The minimum Gasteiger partial charge on any atom is -0.459 e. The Morgan fingerprint density at radius 3 is 2.48 bits per heavy atom. The Morgan fingerprint density at radius 2 is 1.76 bits per heavy atom. The maximum atomic E-state index is 15.1. The van der Waals surface area contributed by atoms with E-state index in [1.165, 1.54) is 36.7 Å². The van der Waals surface area contributed by atoms with Crippen LogP contribution in [0.1, 0.15) is 28.8 Å². The van der Waals surface area contributed by atoms with E-state index in [1.807, 2.05) is 0 Å². The molecule has 0 saturated heterocycles. The van der Waals surface area contributed by atoms with Crippen molar-refractivity contribution in [3.05, 3.63) is 111 Å². The van der Waals surface area contributed by atoms with Crippen LogP contribution in [0.4, 0.5) is 8.78 Å². The van der Waals surface area contributed by atoms with Crippen molar-refractivity contribution in [1.82, 2.24) is 9.97 Å². The zero-order valence-corrected chi connectivity index (χ0v) is 19.0. The van der Waals surface area contributed by atoms with E-state index in [4.69, 9.17) is 39.5 Å². The number of hydrogen-bond donors (Lipinski definition) is 1. The first-order valence-electron chi connectivity index (χ1n) is 9.68. The normalized spacial score (nSPS) is 12.9. The van der Waals surface area contributed by atoms with Gasteiger partial charge in [0, 0.05) is 16.1 Å². The monoisotopic (exact) mass is 506 g/mol. The average Bonchev–Trinajstić information content (AvgIpc) is 3.27. The number of H-pyrrole nitrogens is 1. The predicted molar refractivity (Wildman–Crippen MR) is 124 cm³/mol. The van der Waals surface area contributed by atoms with Crippen molar-refractivity contribution in [3.63, 3.8) is 0 Å². The van der Waals surface area contributed by atoms with E-state index in [1.54, 1.807) is 30.3 Å². The quantitative estimate of drug-likeness (QED) is 0.266. The van der Waals surface area contributed by atoms with Gasteiger partial charge in [-0.3, -0.25) is 4.79 Å². The van der Waals surface area contributed by atoms with Crippen molar-refractivity contribution in [1.29, 1.82) is 0 Å². The molecule has 0 aliphatic rings. The third kappa shape index (κ3) is 4.74. The zero-order valence-electron chi connectivity index (χ0n) is 16.7. The van der Waals surface area contributed by atoms with E-state index in [-0.39, 0.29) is 22.1 Å². The third-order valence-corrected chi connectivity index (χ3v) is 5.99. The van der Waals surface area contributed by atoms with Gasteiger partial charge in [-0.05, 0) is 42.0 Å². The van der Waals surface area contributed by atoms with Gasteiger partial charge in [0.15, 0.2) is 0 Å². The van der Waals surface area contributed by atoms with E-state index >= 15 is 4.39 Å². The Labute approximate surface area is 203 Å². The van der Waals surface area contributed by atoms with Gasteiger partial charge in [-0.25, -0.2) is 13.8 Å². The first-order chi connectivity index (χ1) is 15.9. The Morgan fingerprint density at radius 1 is 0.970 bits per heavy atom. The van der Waals surface area contributed by atoms with Crippen LogP contribution in [0.5, 0.6) is 0 Å². The van der Waals surface area contributed by atoms with Gasteiger partial charge in [0.1, 0.15) is 17.7 Å². The molecule has 1 heterocycles. The standard InChI is InChI=1S/C24H15Cl3F2N2O2/c25-15-4-1-3-13(9-15)20(24(33-12-32)16-5-2-6-17(26)21(16)29)23-22(30-11-31-23)14-7-8-19(28)18(27)10-14/h1-12,20,24H,(H,30,31). The molecule has 4 rings (SSSR count). The van der Waals surface area contributed by atoms with Gasteiger partial charge in [0.05, 0.1) is 33.7 Å². The van der Waals surface area contributed by atoms with E-state index in [0.717, 1.165) is 0 Å². The van der Waals surface area contributed by atoms with Gasteiger partial charge in [0.2, 0.25) is 0 Å². The van der Waals surface area contributed by atoms with Crippen molar-refractivity contribution in [2.45, 2.75) is 12.0 Å². The lowest BCUT2D eigenvalue weighted by molar-refractivity contribution is -0.134. The molecule has 2 unspecified atom stereocenters. The molecule has 0 bridgehead atoms. The lowest BCUT2D eigenvalue weighted by Crippen LogP contribution is -2.18. The van der Waals surface area contributed by atoms with Crippen molar-refractivity contribution in [3.8, 4) is 11.3 Å². The van der Waals surface area contributed by atoms with Crippen LogP contribution in [0.15, 0.2) is 67.0 Å². The van der Waals surface area contributed by atoms with Gasteiger partial charge in [0.25, 0.3) is 6.47 Å². The second kappa shape index (κ2) is 9.91. The summed E-state index contributed by atoms with van der Waals surface area (Å²) in [6.07, 6.45) is 0.306. The molecule has 2 atom stereocenters. The Balaban J connectivity index is 1.95. The summed E-state index contributed by atoms with van der Waals surface area (Å²) in [6, 6.07) is 15.5. The number of nitrogens with one attached hydrogen (secondary N) is 1. The zero-order chi connectivity index (χ0) is 23.5. The number of rotatable bonds is 7. The first kappa shape index (κ1) is 23.2. The molecule has 0 radical (unpaired) electrons. The summed E-state index contributed by atoms with van der Waals surface area (Å²) in [4.78, 5) is 18.9. The van der Waals surface area contributed by atoms with Crippen molar-refractivity contribution < 1.29 is 18.3 Å². The number of ether oxygens (including phenoxy) is 1. The fourth-order valence-corrected chi connectivity index (χ4v) is 4.30. The summed E-state index contributed by atoms with van der Waals surface area (Å²) < 4.78 is 34.2. The minimum absolute atomic E-state index is 0.0669. The number of aromatic amines is 1. The molecule has 1 N–H and O–H groups in total. The number of hydrogen-bond acceptors (Lipinski definition) is 3. The van der Waals surface area contributed by atoms with Crippen molar-refractivity contribution in [2.24, 2.45) is 0 Å². The van der Waals surface area contributed by atoms with Gasteiger partial charge in [-0.15, -0.1) is 0 Å². The number of imidazole rings is 1. The van der Waals surface area contributed by atoms with Gasteiger partial charge < -0.3 is 9.72 Å². The Kier molecular flexibility index (Phi) is 6.98. The summed E-state index contributed by atoms with van der Waals surface area (Å²) in [5.41, 5.74) is 2.10. The maximum Gasteiger partial charge on any atom is 0.293 e. The fourth-order valence-electron chi connectivity index (χ4n) is 3.74. The molecule has 1 aromatic heterocycles. The highest BCUT2D eigenvalue weighted by molar-refractivity contribution is 6.31. The highest BCUT2D eigenvalue weighted by atomic mass is 35.5. The highest BCUT2D eigenvalue weighted by Gasteiger charge is 2.34. The highest BCUT2D eigenvalue weighted by Crippen LogP contribution is 2.43. The number of halogens is 5. The van der Waals surface area contributed by atoms with Crippen molar-refractivity contribution in [2.75, 3.05) is 0 Å². The van der Waals surface area contributed by atoms with Crippen LogP contribution >= 0.6 is 34.8 Å². The summed E-state index contributed by atoms with van der Waals surface area (Å²) in [5.74, 6) is -2.07. The van der Waals surface area contributed by atoms with Crippen LogP contribution in [0.3, 0.4) is 0 Å². The molecule has 4 nitrogen and oxygen atoms in total. The Bertz CT molecular complexity index is 1310. The van der Waals surface area contributed by atoms with Crippen LogP contribution in [0.25, 0.3) is 11.3 Å². The Hall–Kier alpha value is -2.93. The molecule has 168 valence electrons. The second-order valence-corrected chi connectivity index (χ2v) is 8.37. The van der Waals surface area contributed by atoms with E-state index in [2.05, 4.69) is 9.97 Å². The molecule has 0 spiro atoms. The van der Waals surface area contributed by atoms with Crippen LogP contribution in [0.2, 0.25) is 15.1 Å². The SMILES string of the molecule is O=COC(c1cccc(Cl)c1F)C(c1cccc(Cl)c1)c1[nH]cnc1-c1ccc(F)c(Cl)c1. The molecule has 4 aromatic rings. The largest absolute Gasteiger partial charge is 0.459 e. The molecule has 33 heavy (non-hydrogen) atoms. The maximum absolute atomic E-state index is 15.1. The van der Waals surface area contributed by atoms with Crippen LogP contribution in [0, 0.1) is 11.6 Å². The molecule has 9 heteroatoms. The first-order valence-corrected chi connectivity index (χ1v) is 10.8. The summed E-state index contributed by atoms with van der Waals surface area (Å²) in [7, 11) is 0. The number of aromatic nitrogens is 2. The third-order valence-electron chi connectivity index (χ3n) is 5.17. The molecule has 0 amide bonds. The number of nitrogens with zero attached hydrogens (tertiary/aromatic N) is 1. The van der Waals surface area contributed by atoms with Crippen molar-refractivity contribution >= 4 is 41.3 Å². The summed E-state index contributed by atoms with van der Waals surface area (Å²) in [6.45, 7) is 0.243. The van der Waals surface area contributed by atoms with Crippen LogP contribution < -0.4 is 0 Å². The van der Waals surface area contributed by atoms with Gasteiger partial charge in [-0.2, -0.15) is 0 Å². The topological polar surface area (TPSA) is 55.0 Å². The van der Waals surface area contributed by atoms with E-state index in [0.29, 0.717) is 27.5 Å². The van der Waals surface area contributed by atoms with Gasteiger partial charge >= 0.3 is 0 Å². The molecule has 0 fully saturated rings. The smallest absolute Gasteiger partial charge is 0.293 e. The lowest BCUT2D eigenvalue weighted by atomic mass is 9.84. The van der Waals surface area contributed by atoms with Crippen LogP contribution in [-0.2, 0) is 9.53 Å². The second-order valence-electron chi connectivity index (χ2n) is 7.12. The predicted octanol–water partition coefficient (Wildman–Crippen LogP) is 7.36. The summed E-state index contributed by atoms with van der Waals surface area (Å²) >= 11 is 18.2. The summed E-state index contributed by atoms with van der Waals surface area (Å²) in [5, 5.41) is 0.231. The molecule has 0 aliphatic heterocycles. The van der Waals surface area contributed by atoms with Gasteiger partial charge in [-0.1, -0.05) is 59.1 Å². The molecular weight excluding hydrogens is 493 g/mol. The molecule has 0 saturated carbocycles. The lowest BCUT2D eigenvalue weighted by Gasteiger charge is -2.27. The molecule has 3 aromatic carbocycles. The average molecular weight is 508 g/mol. The number of carbonyl (C=O) groups excluding carboxylic acids is 1. The number of carbonyl (C=O) groups is 1.